The molecule has 0 bridgehead atoms. The van der Waals surface area contributed by atoms with Crippen LogP contribution in [0.1, 0.15) is 10.4 Å². The van der Waals surface area contributed by atoms with Crippen LogP contribution in [0.25, 0.3) is 0 Å². The van der Waals surface area contributed by atoms with Gasteiger partial charge in [0.25, 0.3) is 11.0 Å². The number of nitrogens with one attached hydrogen (secondary N) is 1. The van der Waals surface area contributed by atoms with Crippen LogP contribution in [0.4, 0.5) is 5.69 Å². The summed E-state index contributed by atoms with van der Waals surface area (Å²) in [6.45, 7) is -0.0993. The van der Waals surface area contributed by atoms with E-state index in [1.165, 1.54) is 0 Å². The van der Waals surface area contributed by atoms with Crippen molar-refractivity contribution < 1.29 is 14.7 Å². The van der Waals surface area contributed by atoms with E-state index in [9.17, 15) is 14.9 Å². The lowest BCUT2D eigenvalue weighted by molar-refractivity contribution is -0.757. The molecule has 0 aliphatic carbocycles. The lowest BCUT2D eigenvalue weighted by Gasteiger charge is -2.04. The topological polar surface area (TPSA) is 107 Å². The van der Waals surface area contributed by atoms with Crippen LogP contribution in [-0.2, 0) is 4.84 Å². The Balaban J connectivity index is 2.35. The molecule has 0 aromatic heterocycles. The van der Waals surface area contributed by atoms with Crippen LogP contribution in [0.3, 0.4) is 0 Å². The zero-order valence-electron chi connectivity index (χ0n) is 8.38. The van der Waals surface area contributed by atoms with E-state index in [1.807, 2.05) is 0 Å². The van der Waals surface area contributed by atoms with Crippen LogP contribution in [0, 0.1) is 10.1 Å². The summed E-state index contributed by atoms with van der Waals surface area (Å²) >= 11 is 0. The average molecular weight is 225 g/mol. The Bertz CT molecular complexity index is 377. The normalized spacial score (nSPS) is 9.50. The van der Waals surface area contributed by atoms with Crippen LogP contribution >= 0.6 is 0 Å². The van der Waals surface area contributed by atoms with Gasteiger partial charge in [-0.05, 0) is 24.3 Å². The first-order valence-corrected chi connectivity index (χ1v) is 4.50. The first-order valence-electron chi connectivity index (χ1n) is 4.50. The fraction of sp³-hybridized carbons (Fsp3) is 0.222. The Kier molecular flexibility index (Phi) is 4.07. The summed E-state index contributed by atoms with van der Waals surface area (Å²) in [5.41, 5.74) is 6.46. The summed E-state index contributed by atoms with van der Waals surface area (Å²) in [5.74, 6) is -0.327. The molecular formula is C9H11N3O4. The van der Waals surface area contributed by atoms with Crippen LogP contribution < -0.4 is 11.1 Å². The molecule has 1 rings (SSSR count). The molecule has 0 aliphatic heterocycles. The predicted molar refractivity (Wildman–Crippen MR) is 56.1 cm³/mol. The maximum Gasteiger partial charge on any atom is 0.294 e. The van der Waals surface area contributed by atoms with Gasteiger partial charge < -0.3 is 15.9 Å². The SMILES string of the molecule is Nc1ccc(C(=O)NCCO[N+](=O)[O-])cc1. The predicted octanol–water partition coefficient (Wildman–Crippen LogP) is 0.207. The number of carbonyl (C=O) groups excluding carboxylic acids is 1. The highest BCUT2D eigenvalue weighted by Crippen LogP contribution is 2.04. The molecule has 0 spiro atoms. The number of nitrogens with zero attached hydrogens (tertiary/aromatic N) is 1. The van der Waals surface area contributed by atoms with Gasteiger partial charge in [0, 0.05) is 17.8 Å². The lowest BCUT2D eigenvalue weighted by Crippen LogP contribution is -2.27. The van der Waals surface area contributed by atoms with Crippen LogP contribution in [-0.4, -0.2) is 24.1 Å². The van der Waals surface area contributed by atoms with Crippen LogP contribution in [0.2, 0.25) is 0 Å². The molecule has 7 nitrogen and oxygen atoms in total. The molecule has 0 fully saturated rings. The second-order valence-corrected chi connectivity index (χ2v) is 2.93. The second-order valence-electron chi connectivity index (χ2n) is 2.93. The Morgan fingerprint density at radius 1 is 1.44 bits per heavy atom. The molecule has 16 heavy (non-hydrogen) atoms. The number of carbonyl (C=O) groups is 1. The van der Waals surface area contributed by atoms with Gasteiger partial charge in [-0.15, -0.1) is 10.1 Å². The summed E-state index contributed by atoms with van der Waals surface area (Å²) in [5, 5.41) is 11.4. The quantitative estimate of drug-likeness (QED) is 0.322. The van der Waals surface area contributed by atoms with Gasteiger partial charge in [0.05, 0.1) is 0 Å². The highest BCUT2D eigenvalue weighted by Gasteiger charge is 2.04. The van der Waals surface area contributed by atoms with Crippen LogP contribution in [0.15, 0.2) is 24.3 Å². The molecule has 0 atom stereocenters. The van der Waals surface area contributed by atoms with E-state index < -0.39 is 5.09 Å². The van der Waals surface area contributed by atoms with Crippen molar-refractivity contribution in [2.75, 3.05) is 18.9 Å². The molecule has 1 amide bonds. The third-order valence-electron chi connectivity index (χ3n) is 1.76. The van der Waals surface area contributed by atoms with E-state index in [4.69, 9.17) is 5.73 Å². The smallest absolute Gasteiger partial charge is 0.294 e. The first kappa shape index (κ1) is 11.8. The van der Waals surface area contributed by atoms with Gasteiger partial charge in [0.2, 0.25) is 0 Å². The highest BCUT2D eigenvalue weighted by atomic mass is 16.9. The largest absolute Gasteiger partial charge is 0.399 e. The molecule has 3 N–H and O–H groups in total. The number of amides is 1. The number of hydrogen-bond acceptors (Lipinski definition) is 5. The summed E-state index contributed by atoms with van der Waals surface area (Å²) < 4.78 is 0. The van der Waals surface area contributed by atoms with Gasteiger partial charge in [0.15, 0.2) is 0 Å². The Morgan fingerprint density at radius 3 is 2.62 bits per heavy atom. The summed E-state index contributed by atoms with van der Waals surface area (Å²) in [6, 6.07) is 6.34. The van der Waals surface area contributed by atoms with Crippen LogP contribution in [0.5, 0.6) is 0 Å². The molecule has 0 saturated heterocycles. The van der Waals surface area contributed by atoms with Crippen molar-refractivity contribution >= 4 is 11.6 Å². The van der Waals surface area contributed by atoms with E-state index in [1.54, 1.807) is 24.3 Å². The molecule has 1 aromatic carbocycles. The number of nitrogen functional groups attached to an aromatic ring is 1. The Labute approximate surface area is 91.3 Å². The van der Waals surface area contributed by atoms with E-state index in [0.717, 1.165) is 0 Å². The summed E-state index contributed by atoms with van der Waals surface area (Å²) in [6.07, 6.45) is 0. The van der Waals surface area contributed by atoms with Crippen molar-refractivity contribution in [1.29, 1.82) is 0 Å². The molecule has 86 valence electrons. The van der Waals surface area contributed by atoms with Crippen molar-refractivity contribution in [2.45, 2.75) is 0 Å². The number of nitrogens with two attached hydrogens (primary N) is 1. The molecule has 0 heterocycles. The van der Waals surface area contributed by atoms with Gasteiger partial charge in [0.1, 0.15) is 6.61 Å². The van der Waals surface area contributed by atoms with E-state index in [2.05, 4.69) is 10.2 Å². The van der Waals surface area contributed by atoms with Crippen molar-refractivity contribution in [3.8, 4) is 0 Å². The number of anilines is 1. The second kappa shape index (κ2) is 5.54. The summed E-state index contributed by atoms with van der Waals surface area (Å²) in [7, 11) is 0. The zero-order chi connectivity index (χ0) is 12.0. The van der Waals surface area contributed by atoms with Gasteiger partial charge >= 0.3 is 0 Å². The lowest BCUT2D eigenvalue weighted by atomic mass is 10.2. The van der Waals surface area contributed by atoms with Gasteiger partial charge in [-0.2, -0.15) is 0 Å². The van der Waals surface area contributed by atoms with Gasteiger partial charge in [-0.1, -0.05) is 0 Å². The number of rotatable bonds is 5. The molecule has 0 aliphatic rings. The van der Waals surface area contributed by atoms with Gasteiger partial charge in [-0.3, -0.25) is 4.79 Å². The van der Waals surface area contributed by atoms with E-state index >= 15 is 0 Å². The van der Waals surface area contributed by atoms with Crippen molar-refractivity contribution in [3.63, 3.8) is 0 Å². The molecule has 1 aromatic rings. The molecular weight excluding hydrogens is 214 g/mol. The first-order chi connectivity index (χ1) is 7.59. The zero-order valence-corrected chi connectivity index (χ0v) is 8.38. The van der Waals surface area contributed by atoms with E-state index in [-0.39, 0.29) is 19.1 Å². The number of benzene rings is 1. The minimum absolute atomic E-state index is 0.0736. The Hall–Kier alpha value is -2.31. The third-order valence-corrected chi connectivity index (χ3v) is 1.76. The highest BCUT2D eigenvalue weighted by molar-refractivity contribution is 5.94. The van der Waals surface area contributed by atoms with Crippen molar-refractivity contribution in [1.82, 2.24) is 5.32 Å². The minimum atomic E-state index is -0.907. The molecule has 7 heteroatoms. The molecule has 0 unspecified atom stereocenters. The Morgan fingerprint density at radius 2 is 2.06 bits per heavy atom. The van der Waals surface area contributed by atoms with Crippen molar-refractivity contribution in [2.24, 2.45) is 0 Å². The fourth-order valence-corrected chi connectivity index (χ4v) is 1.02. The third kappa shape index (κ3) is 3.82. The van der Waals surface area contributed by atoms with E-state index in [0.29, 0.717) is 11.3 Å². The fourth-order valence-electron chi connectivity index (χ4n) is 1.02. The summed E-state index contributed by atoms with van der Waals surface area (Å²) in [4.78, 5) is 25.3. The number of hydrogen-bond donors (Lipinski definition) is 2. The van der Waals surface area contributed by atoms with Crippen molar-refractivity contribution in [3.05, 3.63) is 39.9 Å². The van der Waals surface area contributed by atoms with Gasteiger partial charge in [-0.25, -0.2) is 0 Å². The molecule has 0 radical (unpaired) electrons. The average Bonchev–Trinajstić information content (AvgIpc) is 2.25. The maximum atomic E-state index is 11.4. The molecule has 0 saturated carbocycles. The standard InChI is InChI=1S/C9H11N3O4/c10-8-3-1-7(2-4-8)9(13)11-5-6-16-12(14)15/h1-4H,5-6,10H2,(H,11,13). The minimum Gasteiger partial charge on any atom is -0.399 e. The monoisotopic (exact) mass is 225 g/mol. The maximum absolute atomic E-state index is 11.4.